The van der Waals surface area contributed by atoms with Crippen molar-refractivity contribution >= 4 is 40.9 Å². The monoisotopic (exact) mass is 434 g/mol. The molecule has 0 bridgehead atoms. The first-order valence-electron chi connectivity index (χ1n) is 10.2. The molecule has 1 atom stereocenters. The highest BCUT2D eigenvalue weighted by Crippen LogP contribution is 2.28. The maximum Gasteiger partial charge on any atom is 0.332 e. The van der Waals surface area contributed by atoms with E-state index in [2.05, 4.69) is 5.32 Å². The molecule has 9 nitrogen and oxygen atoms in total. The molecule has 164 valence electrons. The molecule has 0 unspecified atom stereocenters. The van der Waals surface area contributed by atoms with Gasteiger partial charge in [-0.3, -0.25) is 14.4 Å². The number of carbonyl (C=O) groups excluding carboxylic acids is 5. The minimum Gasteiger partial charge on any atom is -0.320 e. The van der Waals surface area contributed by atoms with Crippen LogP contribution in [-0.2, 0) is 4.79 Å². The largest absolute Gasteiger partial charge is 0.332 e. The predicted molar refractivity (Wildman–Crippen MR) is 117 cm³/mol. The summed E-state index contributed by atoms with van der Waals surface area (Å²) >= 11 is 0. The number of urea groups is 2. The average molecular weight is 434 g/mol. The Hall–Kier alpha value is -4.01. The number of piperazine rings is 1. The van der Waals surface area contributed by atoms with Crippen LogP contribution in [0.4, 0.5) is 21.0 Å². The summed E-state index contributed by atoms with van der Waals surface area (Å²) in [5.41, 5.74) is 1.96. The van der Waals surface area contributed by atoms with Crippen LogP contribution in [0, 0.1) is 0 Å². The molecule has 2 aromatic carbocycles. The number of hydrogen-bond donors (Lipinski definition) is 1. The third-order valence-corrected chi connectivity index (χ3v) is 5.68. The lowest BCUT2D eigenvalue weighted by Gasteiger charge is -2.35. The van der Waals surface area contributed by atoms with Gasteiger partial charge in [0.05, 0.1) is 12.2 Å². The number of ketones is 2. The summed E-state index contributed by atoms with van der Waals surface area (Å²) < 4.78 is 0. The van der Waals surface area contributed by atoms with Crippen LogP contribution < -0.4 is 10.2 Å². The number of fused-ring (bicyclic) bond motifs is 1. The number of hydrogen-bond acceptors (Lipinski definition) is 5. The number of carbonyl (C=O) groups is 5. The highest BCUT2D eigenvalue weighted by Gasteiger charge is 2.49. The van der Waals surface area contributed by atoms with E-state index in [4.69, 9.17) is 0 Å². The Labute approximate surface area is 184 Å². The predicted octanol–water partition coefficient (Wildman–Crippen LogP) is 2.78. The van der Waals surface area contributed by atoms with Crippen LogP contribution in [-0.4, -0.2) is 65.0 Å². The van der Waals surface area contributed by atoms with Gasteiger partial charge in [-0.25, -0.2) is 14.5 Å². The van der Waals surface area contributed by atoms with Gasteiger partial charge in [0, 0.05) is 29.9 Å². The molecule has 2 heterocycles. The molecule has 0 spiro atoms. The van der Waals surface area contributed by atoms with Crippen molar-refractivity contribution in [2.24, 2.45) is 0 Å². The van der Waals surface area contributed by atoms with Crippen molar-refractivity contribution in [3.8, 4) is 0 Å². The molecule has 9 heteroatoms. The molecule has 0 radical (unpaired) electrons. The van der Waals surface area contributed by atoms with Crippen molar-refractivity contribution < 1.29 is 24.0 Å². The smallest absolute Gasteiger partial charge is 0.320 e. The first kappa shape index (κ1) is 21.2. The number of amides is 5. The van der Waals surface area contributed by atoms with Crippen LogP contribution in [0.2, 0.25) is 0 Å². The Bertz CT molecular complexity index is 1110. The Morgan fingerprint density at radius 3 is 1.97 bits per heavy atom. The molecule has 2 fully saturated rings. The highest BCUT2D eigenvalue weighted by atomic mass is 16.2. The molecule has 0 aliphatic carbocycles. The quantitative estimate of drug-likeness (QED) is 0.588. The zero-order valence-corrected chi connectivity index (χ0v) is 17.7. The van der Waals surface area contributed by atoms with E-state index in [0.717, 1.165) is 4.90 Å². The number of benzene rings is 2. The SMILES string of the molecule is CC(=O)c1ccc(NC(=O)N2CCN3C(=O)N(c4ccc(C(C)=O)cc4)C(=O)[C@@H]3C2)cc1. The highest BCUT2D eigenvalue weighted by molar-refractivity contribution is 6.21. The van der Waals surface area contributed by atoms with Crippen molar-refractivity contribution in [1.29, 1.82) is 0 Å². The maximum absolute atomic E-state index is 13.0. The van der Waals surface area contributed by atoms with Gasteiger partial charge in [0.15, 0.2) is 11.6 Å². The van der Waals surface area contributed by atoms with E-state index >= 15 is 0 Å². The van der Waals surface area contributed by atoms with E-state index in [1.54, 1.807) is 48.5 Å². The fourth-order valence-electron chi connectivity index (χ4n) is 3.85. The number of Topliss-reactive ketones (excluding diaryl/α,β-unsaturated/α-hetero) is 2. The second-order valence-electron chi connectivity index (χ2n) is 7.78. The third kappa shape index (κ3) is 3.84. The summed E-state index contributed by atoms with van der Waals surface area (Å²) in [6.07, 6.45) is 0. The van der Waals surface area contributed by atoms with Crippen LogP contribution in [0.1, 0.15) is 34.6 Å². The van der Waals surface area contributed by atoms with E-state index < -0.39 is 18.0 Å². The summed E-state index contributed by atoms with van der Waals surface area (Å²) in [6.45, 7) is 3.49. The molecule has 0 aromatic heterocycles. The molecule has 1 N–H and O–H groups in total. The lowest BCUT2D eigenvalue weighted by Crippen LogP contribution is -2.55. The van der Waals surface area contributed by atoms with Crippen molar-refractivity contribution in [2.75, 3.05) is 29.9 Å². The lowest BCUT2D eigenvalue weighted by molar-refractivity contribution is -0.120. The van der Waals surface area contributed by atoms with E-state index in [9.17, 15) is 24.0 Å². The Kier molecular flexibility index (Phi) is 5.48. The fraction of sp³-hybridized carbons (Fsp3) is 0.261. The van der Waals surface area contributed by atoms with E-state index in [0.29, 0.717) is 22.5 Å². The number of nitrogens with zero attached hydrogens (tertiary/aromatic N) is 3. The summed E-state index contributed by atoms with van der Waals surface area (Å²) in [6, 6.07) is 11.2. The minimum absolute atomic E-state index is 0.0658. The summed E-state index contributed by atoms with van der Waals surface area (Å²) in [7, 11) is 0. The van der Waals surface area contributed by atoms with E-state index in [-0.39, 0.29) is 37.2 Å². The Morgan fingerprint density at radius 2 is 1.41 bits per heavy atom. The average Bonchev–Trinajstić information content (AvgIpc) is 3.03. The van der Waals surface area contributed by atoms with Crippen LogP contribution in [0.3, 0.4) is 0 Å². The van der Waals surface area contributed by atoms with Crippen LogP contribution in [0.15, 0.2) is 48.5 Å². The van der Waals surface area contributed by atoms with Gasteiger partial charge >= 0.3 is 12.1 Å². The summed E-state index contributed by atoms with van der Waals surface area (Å²) in [5.74, 6) is -0.580. The molecular weight excluding hydrogens is 412 g/mol. The first-order chi connectivity index (χ1) is 15.3. The molecule has 2 aliphatic rings. The molecule has 2 aliphatic heterocycles. The Balaban J connectivity index is 1.45. The van der Waals surface area contributed by atoms with Crippen molar-refractivity contribution in [3.63, 3.8) is 0 Å². The number of rotatable bonds is 4. The van der Waals surface area contributed by atoms with Crippen molar-refractivity contribution in [3.05, 3.63) is 59.7 Å². The van der Waals surface area contributed by atoms with Gasteiger partial charge in [-0.1, -0.05) is 0 Å². The van der Waals surface area contributed by atoms with Gasteiger partial charge in [-0.15, -0.1) is 0 Å². The summed E-state index contributed by atoms with van der Waals surface area (Å²) in [5, 5.41) is 2.76. The van der Waals surface area contributed by atoms with Crippen LogP contribution in [0.25, 0.3) is 0 Å². The number of imide groups is 1. The van der Waals surface area contributed by atoms with Gasteiger partial charge < -0.3 is 15.1 Å². The van der Waals surface area contributed by atoms with Gasteiger partial charge in [0.1, 0.15) is 6.04 Å². The lowest BCUT2D eigenvalue weighted by atomic mass is 10.1. The second kappa shape index (κ2) is 8.26. The van der Waals surface area contributed by atoms with E-state index in [1.165, 1.54) is 23.6 Å². The standard InChI is InChI=1S/C23H22N4O5/c1-14(28)16-3-7-18(8-4-16)24-22(31)25-11-12-26-20(13-25)21(30)27(23(26)32)19-9-5-17(6-10-19)15(2)29/h3-10,20H,11-13H2,1-2H3,(H,24,31)/t20-/m0/s1. The van der Waals surface area contributed by atoms with Crippen LogP contribution >= 0.6 is 0 Å². The first-order valence-corrected chi connectivity index (χ1v) is 10.2. The number of nitrogens with one attached hydrogen (secondary N) is 1. The van der Waals surface area contributed by atoms with Crippen molar-refractivity contribution in [1.82, 2.24) is 9.80 Å². The van der Waals surface area contributed by atoms with Gasteiger partial charge in [-0.05, 0) is 62.4 Å². The molecule has 2 saturated heterocycles. The third-order valence-electron chi connectivity index (χ3n) is 5.68. The second-order valence-corrected chi connectivity index (χ2v) is 7.78. The molecule has 4 rings (SSSR count). The van der Waals surface area contributed by atoms with E-state index in [1.807, 2.05) is 0 Å². The molecular formula is C23H22N4O5. The zero-order valence-electron chi connectivity index (χ0n) is 17.7. The number of anilines is 2. The van der Waals surface area contributed by atoms with Gasteiger partial charge in [-0.2, -0.15) is 0 Å². The topological polar surface area (TPSA) is 107 Å². The molecule has 2 aromatic rings. The molecule has 5 amide bonds. The molecule has 32 heavy (non-hydrogen) atoms. The van der Waals surface area contributed by atoms with Gasteiger partial charge in [0.25, 0.3) is 5.91 Å². The van der Waals surface area contributed by atoms with Crippen LogP contribution in [0.5, 0.6) is 0 Å². The summed E-state index contributed by atoms with van der Waals surface area (Å²) in [4.78, 5) is 65.5. The zero-order chi connectivity index (χ0) is 23.0. The molecule has 0 saturated carbocycles. The van der Waals surface area contributed by atoms with Gasteiger partial charge in [0.2, 0.25) is 0 Å². The maximum atomic E-state index is 13.0. The normalized spacial score (nSPS) is 17.9. The fourth-order valence-corrected chi connectivity index (χ4v) is 3.85. The minimum atomic E-state index is -0.769. The van der Waals surface area contributed by atoms with Crippen molar-refractivity contribution in [2.45, 2.75) is 19.9 Å². The Morgan fingerprint density at radius 1 is 0.844 bits per heavy atom.